The van der Waals surface area contributed by atoms with Crippen molar-refractivity contribution in [3.63, 3.8) is 0 Å². The summed E-state index contributed by atoms with van der Waals surface area (Å²) in [5, 5.41) is 0. The Bertz CT molecular complexity index is 199. The molecule has 1 saturated carbocycles. The van der Waals surface area contributed by atoms with E-state index in [2.05, 4.69) is 20.8 Å². The Morgan fingerprint density at radius 2 is 1.75 bits per heavy atom. The first kappa shape index (κ1) is 13.9. The highest BCUT2D eigenvalue weighted by atomic mass is 19.3. The quantitative estimate of drug-likeness (QED) is 0.594. The first-order valence-corrected chi connectivity index (χ1v) is 6.72. The molecule has 0 atom stereocenters. The molecule has 0 nitrogen and oxygen atoms in total. The van der Waals surface area contributed by atoms with E-state index in [1.807, 2.05) is 0 Å². The van der Waals surface area contributed by atoms with Gasteiger partial charge in [-0.15, -0.1) is 0 Å². The van der Waals surface area contributed by atoms with Crippen LogP contribution in [0.2, 0.25) is 0 Å². The molecule has 2 heteroatoms. The zero-order valence-electron chi connectivity index (χ0n) is 11.0. The highest BCUT2D eigenvalue weighted by molar-refractivity contribution is 4.81. The van der Waals surface area contributed by atoms with Crippen molar-refractivity contribution in [1.82, 2.24) is 0 Å². The molecule has 0 amide bonds. The third-order valence-electron chi connectivity index (χ3n) is 3.89. The smallest absolute Gasteiger partial charge is 0.207 e. The van der Waals surface area contributed by atoms with Crippen molar-refractivity contribution in [3.05, 3.63) is 0 Å². The van der Waals surface area contributed by atoms with Crippen molar-refractivity contribution in [3.8, 4) is 0 Å². The van der Waals surface area contributed by atoms with Crippen LogP contribution in [0.25, 0.3) is 0 Å². The van der Waals surface area contributed by atoms with E-state index in [9.17, 15) is 8.78 Å². The number of hydrogen-bond acceptors (Lipinski definition) is 0. The van der Waals surface area contributed by atoms with Gasteiger partial charge in [-0.2, -0.15) is 0 Å². The van der Waals surface area contributed by atoms with Gasteiger partial charge in [0.15, 0.2) is 0 Å². The second-order valence-electron chi connectivity index (χ2n) is 6.27. The van der Waals surface area contributed by atoms with Crippen molar-refractivity contribution in [2.75, 3.05) is 0 Å². The maximum atomic E-state index is 13.0. The van der Waals surface area contributed by atoms with Crippen LogP contribution in [0.3, 0.4) is 0 Å². The van der Waals surface area contributed by atoms with Gasteiger partial charge in [0.25, 0.3) is 0 Å². The molecule has 0 aromatic rings. The van der Waals surface area contributed by atoms with Crippen molar-refractivity contribution in [2.45, 2.75) is 78.1 Å². The van der Waals surface area contributed by atoms with Crippen LogP contribution in [0.15, 0.2) is 0 Å². The summed E-state index contributed by atoms with van der Waals surface area (Å²) in [4.78, 5) is 0. The average molecular weight is 232 g/mol. The SMILES string of the molecule is CCCCC(C)(C)CC1CCC(F)(F)CC1. The van der Waals surface area contributed by atoms with E-state index in [0.717, 1.165) is 19.3 Å². The fraction of sp³-hybridized carbons (Fsp3) is 1.00. The van der Waals surface area contributed by atoms with Gasteiger partial charge in [-0.1, -0.05) is 33.6 Å². The van der Waals surface area contributed by atoms with Crippen LogP contribution in [0, 0.1) is 11.3 Å². The van der Waals surface area contributed by atoms with Crippen LogP contribution in [0.1, 0.15) is 72.1 Å². The molecule has 0 radical (unpaired) electrons. The second kappa shape index (κ2) is 5.46. The van der Waals surface area contributed by atoms with Gasteiger partial charge in [-0.3, -0.25) is 0 Å². The monoisotopic (exact) mass is 232 g/mol. The van der Waals surface area contributed by atoms with Crippen LogP contribution in [-0.4, -0.2) is 5.92 Å². The van der Waals surface area contributed by atoms with E-state index in [0.29, 0.717) is 11.3 Å². The normalized spacial score (nSPS) is 22.3. The molecule has 1 fully saturated rings. The summed E-state index contributed by atoms with van der Waals surface area (Å²) in [6.07, 6.45) is 6.52. The Labute approximate surface area is 98.8 Å². The molecule has 0 unspecified atom stereocenters. The van der Waals surface area contributed by atoms with Gasteiger partial charge in [-0.05, 0) is 37.0 Å². The Morgan fingerprint density at radius 1 is 1.19 bits per heavy atom. The molecule has 1 aliphatic rings. The molecular formula is C14H26F2. The molecular weight excluding hydrogens is 206 g/mol. The summed E-state index contributed by atoms with van der Waals surface area (Å²) >= 11 is 0. The molecule has 0 spiro atoms. The zero-order chi connectivity index (χ0) is 12.2. The molecule has 0 bridgehead atoms. The van der Waals surface area contributed by atoms with Gasteiger partial charge < -0.3 is 0 Å². The predicted octanol–water partition coefficient (Wildman–Crippen LogP) is 5.42. The molecule has 1 rings (SSSR count). The number of rotatable bonds is 5. The minimum atomic E-state index is -2.37. The number of hydrogen-bond donors (Lipinski definition) is 0. The third kappa shape index (κ3) is 4.80. The first-order valence-electron chi connectivity index (χ1n) is 6.72. The highest BCUT2D eigenvalue weighted by Gasteiger charge is 2.36. The molecule has 0 aromatic carbocycles. The molecule has 0 aliphatic heterocycles. The molecule has 1 aliphatic carbocycles. The molecule has 0 aromatic heterocycles. The molecule has 96 valence electrons. The number of unbranched alkanes of at least 4 members (excludes halogenated alkanes) is 1. The van der Waals surface area contributed by atoms with Crippen molar-refractivity contribution < 1.29 is 8.78 Å². The van der Waals surface area contributed by atoms with Gasteiger partial charge in [-0.25, -0.2) is 8.78 Å². The van der Waals surface area contributed by atoms with Crippen molar-refractivity contribution in [1.29, 1.82) is 0 Å². The van der Waals surface area contributed by atoms with Crippen LogP contribution in [0.5, 0.6) is 0 Å². The van der Waals surface area contributed by atoms with Crippen molar-refractivity contribution in [2.24, 2.45) is 11.3 Å². The van der Waals surface area contributed by atoms with Gasteiger partial charge in [0.1, 0.15) is 0 Å². The van der Waals surface area contributed by atoms with E-state index in [-0.39, 0.29) is 12.8 Å². The predicted molar refractivity (Wildman–Crippen MR) is 64.8 cm³/mol. The number of alkyl halides is 2. The van der Waals surface area contributed by atoms with E-state index < -0.39 is 5.92 Å². The Balaban J connectivity index is 2.32. The van der Waals surface area contributed by atoms with Gasteiger partial charge in [0, 0.05) is 12.8 Å². The minimum Gasteiger partial charge on any atom is -0.207 e. The zero-order valence-corrected chi connectivity index (χ0v) is 11.0. The summed E-state index contributed by atoms with van der Waals surface area (Å²) < 4.78 is 26.0. The summed E-state index contributed by atoms with van der Waals surface area (Å²) in [6, 6.07) is 0. The lowest BCUT2D eigenvalue weighted by Gasteiger charge is -2.34. The fourth-order valence-corrected chi connectivity index (χ4v) is 2.84. The number of halogens is 2. The van der Waals surface area contributed by atoms with Gasteiger partial charge in [0.05, 0.1) is 0 Å². The van der Waals surface area contributed by atoms with Crippen molar-refractivity contribution >= 4 is 0 Å². The van der Waals surface area contributed by atoms with E-state index in [1.54, 1.807) is 0 Å². The summed E-state index contributed by atoms with van der Waals surface area (Å²) in [7, 11) is 0. The summed E-state index contributed by atoms with van der Waals surface area (Å²) in [5.74, 6) is -1.84. The van der Waals surface area contributed by atoms with Gasteiger partial charge >= 0.3 is 0 Å². The van der Waals surface area contributed by atoms with Gasteiger partial charge in [0.2, 0.25) is 5.92 Å². The van der Waals surface area contributed by atoms with E-state index in [1.165, 1.54) is 19.3 Å². The summed E-state index contributed by atoms with van der Waals surface area (Å²) in [6.45, 7) is 6.78. The van der Waals surface area contributed by atoms with Crippen LogP contribution < -0.4 is 0 Å². The topological polar surface area (TPSA) is 0 Å². The highest BCUT2D eigenvalue weighted by Crippen LogP contribution is 2.42. The Morgan fingerprint density at radius 3 is 2.25 bits per heavy atom. The molecule has 0 saturated heterocycles. The molecule has 0 heterocycles. The van der Waals surface area contributed by atoms with Crippen LogP contribution in [-0.2, 0) is 0 Å². The van der Waals surface area contributed by atoms with E-state index in [4.69, 9.17) is 0 Å². The third-order valence-corrected chi connectivity index (χ3v) is 3.89. The summed E-state index contributed by atoms with van der Waals surface area (Å²) in [5.41, 5.74) is 0.341. The Kier molecular flexibility index (Phi) is 4.75. The van der Waals surface area contributed by atoms with E-state index >= 15 is 0 Å². The largest absolute Gasteiger partial charge is 0.248 e. The van der Waals surface area contributed by atoms with Crippen LogP contribution >= 0.6 is 0 Å². The molecule has 16 heavy (non-hydrogen) atoms. The van der Waals surface area contributed by atoms with Crippen LogP contribution in [0.4, 0.5) is 8.78 Å². The first-order chi connectivity index (χ1) is 7.35. The minimum absolute atomic E-state index is 0.113. The maximum Gasteiger partial charge on any atom is 0.248 e. The fourth-order valence-electron chi connectivity index (χ4n) is 2.84. The second-order valence-corrected chi connectivity index (χ2v) is 6.27. The molecule has 0 N–H and O–H groups in total. The Hall–Kier alpha value is -0.140. The lowest BCUT2D eigenvalue weighted by molar-refractivity contribution is -0.0501. The lowest BCUT2D eigenvalue weighted by Crippen LogP contribution is -2.27. The average Bonchev–Trinajstić information content (AvgIpc) is 2.18. The standard InChI is InChI=1S/C14H26F2/c1-4-5-8-13(2,3)11-12-6-9-14(15,16)10-7-12/h12H,4-11H2,1-3H3. The lowest BCUT2D eigenvalue weighted by atomic mass is 9.73. The maximum absolute atomic E-state index is 13.0.